The van der Waals surface area contributed by atoms with Gasteiger partial charge in [-0.15, -0.1) is 0 Å². The largest absolute Gasteiger partial charge is 0.416 e. The van der Waals surface area contributed by atoms with Crippen molar-refractivity contribution in [1.29, 1.82) is 0 Å². The fourth-order valence-electron chi connectivity index (χ4n) is 3.81. The second kappa shape index (κ2) is 7.28. The molecule has 1 heterocycles. The van der Waals surface area contributed by atoms with Crippen molar-refractivity contribution in [3.63, 3.8) is 0 Å². The highest BCUT2D eigenvalue weighted by atomic mass is 32.2. The van der Waals surface area contributed by atoms with Gasteiger partial charge in [-0.25, -0.2) is 0 Å². The normalized spacial score (nSPS) is 21.8. The molecule has 0 radical (unpaired) electrons. The summed E-state index contributed by atoms with van der Waals surface area (Å²) in [6.07, 6.45) is -0.289. The minimum absolute atomic E-state index is 0.196. The molecule has 2 aliphatic rings. The molecule has 1 saturated carbocycles. The van der Waals surface area contributed by atoms with Gasteiger partial charge in [0.05, 0.1) is 22.6 Å². The Labute approximate surface area is 160 Å². The molecule has 0 amide bonds. The van der Waals surface area contributed by atoms with Crippen LogP contribution in [0.25, 0.3) is 0 Å². The molecule has 144 valence electrons. The number of alkyl halides is 3. The molecule has 2 atom stereocenters. The van der Waals surface area contributed by atoms with Crippen LogP contribution in [0.1, 0.15) is 31.2 Å². The first-order valence-corrected chi connectivity index (χ1v) is 10.0. The maximum atomic E-state index is 13.4. The van der Waals surface area contributed by atoms with Crippen LogP contribution in [0.15, 0.2) is 46.2 Å². The van der Waals surface area contributed by atoms with E-state index >= 15 is 0 Å². The summed E-state index contributed by atoms with van der Waals surface area (Å²) < 4.78 is 40.2. The van der Waals surface area contributed by atoms with Crippen LogP contribution < -0.4 is 16.4 Å². The lowest BCUT2D eigenvalue weighted by Crippen LogP contribution is -2.31. The van der Waals surface area contributed by atoms with Gasteiger partial charge in [-0.3, -0.25) is 0 Å². The molecule has 7 heteroatoms. The fraction of sp³-hybridized carbons (Fsp3) is 0.400. The minimum atomic E-state index is -4.38. The third-order valence-electron chi connectivity index (χ3n) is 5.20. The summed E-state index contributed by atoms with van der Waals surface area (Å²) in [5.41, 5.74) is 7.55. The van der Waals surface area contributed by atoms with Crippen LogP contribution >= 0.6 is 11.8 Å². The van der Waals surface area contributed by atoms with Crippen molar-refractivity contribution in [2.45, 2.75) is 47.7 Å². The molecule has 1 aliphatic heterocycles. The maximum Gasteiger partial charge on any atom is 0.416 e. The molecule has 2 aromatic carbocycles. The van der Waals surface area contributed by atoms with Crippen LogP contribution in [0.3, 0.4) is 0 Å². The van der Waals surface area contributed by atoms with E-state index < -0.39 is 11.7 Å². The quantitative estimate of drug-likeness (QED) is 0.523. The number of anilines is 3. The Hall–Kier alpha value is -1.86. The van der Waals surface area contributed by atoms with Crippen LogP contribution in [-0.2, 0) is 6.18 Å². The first-order valence-electron chi connectivity index (χ1n) is 9.19. The first-order chi connectivity index (χ1) is 12.9. The molecule has 0 spiro atoms. The summed E-state index contributed by atoms with van der Waals surface area (Å²) in [6, 6.07) is 10.3. The van der Waals surface area contributed by atoms with Gasteiger partial charge in [0.25, 0.3) is 0 Å². The van der Waals surface area contributed by atoms with Crippen LogP contribution in [-0.4, -0.2) is 12.6 Å². The van der Waals surface area contributed by atoms with Gasteiger partial charge in [0.2, 0.25) is 0 Å². The molecule has 2 aromatic rings. The number of benzene rings is 2. The third kappa shape index (κ3) is 4.04. The SMILES string of the molecule is N[C@H]1CCC[C@H](CNc2cc(C(F)(F)F)cc3c2Nc2ccccc2S3)C1. The van der Waals surface area contributed by atoms with Crippen molar-refractivity contribution in [1.82, 2.24) is 0 Å². The predicted octanol–water partition coefficient (Wildman–Crippen LogP) is 5.84. The lowest BCUT2D eigenvalue weighted by atomic mass is 9.86. The zero-order valence-electron chi connectivity index (χ0n) is 14.8. The smallest absolute Gasteiger partial charge is 0.383 e. The maximum absolute atomic E-state index is 13.4. The summed E-state index contributed by atoms with van der Waals surface area (Å²) in [6.45, 7) is 0.634. The number of fused-ring (bicyclic) bond motifs is 2. The Morgan fingerprint density at radius 1 is 1.15 bits per heavy atom. The number of para-hydroxylation sites is 1. The van der Waals surface area contributed by atoms with E-state index in [2.05, 4.69) is 10.6 Å². The Morgan fingerprint density at radius 2 is 1.96 bits per heavy atom. The van der Waals surface area contributed by atoms with E-state index in [1.54, 1.807) is 0 Å². The van der Waals surface area contributed by atoms with E-state index in [0.717, 1.165) is 36.3 Å². The van der Waals surface area contributed by atoms with E-state index in [0.29, 0.717) is 28.7 Å². The molecule has 0 aromatic heterocycles. The predicted molar refractivity (Wildman–Crippen MR) is 104 cm³/mol. The van der Waals surface area contributed by atoms with Gasteiger partial charge in [0.15, 0.2) is 0 Å². The molecule has 0 bridgehead atoms. The minimum Gasteiger partial charge on any atom is -0.383 e. The standard InChI is InChI=1S/C20H22F3N3S/c21-20(22,23)13-9-16(25-11-12-4-3-5-14(24)8-12)19-18(10-13)27-17-7-2-1-6-15(17)26-19/h1-2,6-7,9-10,12,14,25-26H,3-5,8,11,24H2/t12-,14-/m0/s1. The lowest BCUT2D eigenvalue weighted by molar-refractivity contribution is -0.137. The molecule has 4 N–H and O–H groups in total. The average molecular weight is 393 g/mol. The van der Waals surface area contributed by atoms with E-state index in [4.69, 9.17) is 5.73 Å². The monoisotopic (exact) mass is 393 g/mol. The van der Waals surface area contributed by atoms with Gasteiger partial charge in [-0.2, -0.15) is 13.2 Å². The average Bonchev–Trinajstić information content (AvgIpc) is 2.63. The molecular weight excluding hydrogens is 371 g/mol. The lowest BCUT2D eigenvalue weighted by Gasteiger charge is -2.29. The van der Waals surface area contributed by atoms with E-state index in [1.807, 2.05) is 24.3 Å². The van der Waals surface area contributed by atoms with Crippen molar-refractivity contribution in [2.75, 3.05) is 17.2 Å². The summed E-state index contributed by atoms with van der Waals surface area (Å²) in [7, 11) is 0. The Morgan fingerprint density at radius 3 is 2.74 bits per heavy atom. The molecule has 1 aliphatic carbocycles. The second-order valence-electron chi connectivity index (χ2n) is 7.29. The highest BCUT2D eigenvalue weighted by Crippen LogP contribution is 2.49. The van der Waals surface area contributed by atoms with Gasteiger partial charge in [-0.1, -0.05) is 30.3 Å². The number of rotatable bonds is 3. The number of nitrogens with two attached hydrogens (primary N) is 1. The fourth-order valence-corrected chi connectivity index (χ4v) is 4.87. The first kappa shape index (κ1) is 18.5. The molecule has 27 heavy (non-hydrogen) atoms. The van der Waals surface area contributed by atoms with Crippen LogP contribution in [0.5, 0.6) is 0 Å². The molecule has 0 unspecified atom stereocenters. The highest BCUT2D eigenvalue weighted by molar-refractivity contribution is 7.99. The second-order valence-corrected chi connectivity index (χ2v) is 8.38. The zero-order valence-corrected chi connectivity index (χ0v) is 15.6. The van der Waals surface area contributed by atoms with Crippen LogP contribution in [0.2, 0.25) is 0 Å². The van der Waals surface area contributed by atoms with E-state index in [-0.39, 0.29) is 6.04 Å². The summed E-state index contributed by atoms with van der Waals surface area (Å²) in [4.78, 5) is 1.51. The summed E-state index contributed by atoms with van der Waals surface area (Å²) in [5.74, 6) is 0.391. The Balaban J connectivity index is 1.63. The Kier molecular flexibility index (Phi) is 4.99. The molecule has 0 saturated heterocycles. The molecule has 1 fully saturated rings. The van der Waals surface area contributed by atoms with Gasteiger partial charge in [0.1, 0.15) is 0 Å². The summed E-state index contributed by atoms with van der Waals surface area (Å²) >= 11 is 1.37. The van der Waals surface area contributed by atoms with Crippen molar-refractivity contribution in [3.05, 3.63) is 42.0 Å². The van der Waals surface area contributed by atoms with Crippen LogP contribution in [0.4, 0.5) is 30.2 Å². The zero-order chi connectivity index (χ0) is 19.0. The summed E-state index contributed by atoms with van der Waals surface area (Å²) in [5, 5.41) is 6.58. The number of halogens is 3. The number of nitrogens with one attached hydrogen (secondary N) is 2. The van der Waals surface area contributed by atoms with Gasteiger partial charge in [0, 0.05) is 22.4 Å². The molecule has 4 rings (SSSR count). The van der Waals surface area contributed by atoms with Crippen molar-refractivity contribution >= 4 is 28.8 Å². The van der Waals surface area contributed by atoms with E-state index in [1.165, 1.54) is 23.9 Å². The number of hydrogen-bond acceptors (Lipinski definition) is 4. The Bertz CT molecular complexity index is 838. The third-order valence-corrected chi connectivity index (χ3v) is 6.32. The van der Waals surface area contributed by atoms with Gasteiger partial charge < -0.3 is 16.4 Å². The van der Waals surface area contributed by atoms with Crippen molar-refractivity contribution < 1.29 is 13.2 Å². The number of hydrogen-bond donors (Lipinski definition) is 3. The van der Waals surface area contributed by atoms with Gasteiger partial charge in [-0.05, 0) is 49.4 Å². The van der Waals surface area contributed by atoms with Crippen LogP contribution in [0, 0.1) is 5.92 Å². The highest BCUT2D eigenvalue weighted by Gasteiger charge is 2.33. The van der Waals surface area contributed by atoms with Crippen molar-refractivity contribution in [2.24, 2.45) is 11.7 Å². The van der Waals surface area contributed by atoms with Gasteiger partial charge >= 0.3 is 6.18 Å². The molecular formula is C20H22F3N3S. The molecule has 3 nitrogen and oxygen atoms in total. The van der Waals surface area contributed by atoms with Crippen molar-refractivity contribution in [3.8, 4) is 0 Å². The topological polar surface area (TPSA) is 50.1 Å². The van der Waals surface area contributed by atoms with E-state index in [9.17, 15) is 13.2 Å².